The normalized spacial score (nSPS) is 11.2. The van der Waals surface area contributed by atoms with Crippen LogP contribution in [0.4, 0.5) is 0 Å². The van der Waals surface area contributed by atoms with Crippen LogP contribution in [0.2, 0.25) is 0 Å². The monoisotopic (exact) mass is 454 g/mol. The van der Waals surface area contributed by atoms with E-state index in [2.05, 4.69) is 15.3 Å². The fourth-order valence-corrected chi connectivity index (χ4v) is 5.12. The summed E-state index contributed by atoms with van der Waals surface area (Å²) in [6.45, 7) is 6.41. The number of rotatable bonds is 4. The Morgan fingerprint density at radius 3 is 2.64 bits per heavy atom. The van der Waals surface area contributed by atoms with Gasteiger partial charge in [-0.05, 0) is 56.2 Å². The van der Waals surface area contributed by atoms with Gasteiger partial charge in [0.1, 0.15) is 15.9 Å². The first-order chi connectivity index (χ1) is 15.9. The van der Waals surface area contributed by atoms with Crippen LogP contribution in [0.3, 0.4) is 0 Å². The van der Waals surface area contributed by atoms with Gasteiger partial charge in [-0.25, -0.2) is 9.97 Å². The first kappa shape index (κ1) is 21.0. The van der Waals surface area contributed by atoms with E-state index in [9.17, 15) is 9.59 Å². The molecule has 0 fully saturated rings. The van der Waals surface area contributed by atoms with Crippen LogP contribution in [0.15, 0.2) is 65.7 Å². The quantitative estimate of drug-likeness (QED) is 0.421. The van der Waals surface area contributed by atoms with Crippen LogP contribution in [-0.4, -0.2) is 20.4 Å². The molecule has 0 saturated heterocycles. The molecular weight excluding hydrogens is 432 g/mol. The Hall–Kier alpha value is -3.84. The number of aromatic nitrogens is 3. The predicted octanol–water partition coefficient (Wildman–Crippen LogP) is 4.85. The fourth-order valence-electron chi connectivity index (χ4n) is 3.94. The number of carbonyl (C=O) groups is 1. The number of aryl methyl sites for hydroxylation is 3. The van der Waals surface area contributed by atoms with Gasteiger partial charge in [0.2, 0.25) is 0 Å². The molecule has 0 saturated carbocycles. The SMILES string of the molecule is Cc1ccc(CNC(=O)c2cccc(-n3cnc4c(sc5nc(C)cc(C)c54)c3=O)c2)cc1. The summed E-state index contributed by atoms with van der Waals surface area (Å²) in [6, 6.07) is 17.0. The van der Waals surface area contributed by atoms with Crippen molar-refractivity contribution in [3.63, 3.8) is 0 Å². The van der Waals surface area contributed by atoms with E-state index in [1.807, 2.05) is 51.1 Å². The maximum Gasteiger partial charge on any atom is 0.275 e. The molecule has 0 bridgehead atoms. The summed E-state index contributed by atoms with van der Waals surface area (Å²) in [5.74, 6) is -0.198. The van der Waals surface area contributed by atoms with Gasteiger partial charge >= 0.3 is 0 Å². The van der Waals surface area contributed by atoms with E-state index in [0.717, 1.165) is 27.0 Å². The number of hydrogen-bond acceptors (Lipinski definition) is 5. The summed E-state index contributed by atoms with van der Waals surface area (Å²) in [5, 5.41) is 3.86. The standard InChI is InChI=1S/C26H22N4O2S/c1-15-7-9-18(10-8-15)13-27-24(31)19-5-4-6-20(12-19)30-14-28-22-21-16(2)11-17(3)29-25(21)33-23(22)26(30)32/h4-12,14H,13H2,1-3H3,(H,27,31). The largest absolute Gasteiger partial charge is 0.348 e. The van der Waals surface area contributed by atoms with Gasteiger partial charge in [-0.1, -0.05) is 35.9 Å². The number of amides is 1. The molecule has 0 spiro atoms. The van der Waals surface area contributed by atoms with E-state index in [1.54, 1.807) is 24.3 Å². The Kier molecular flexibility index (Phi) is 5.26. The molecule has 5 aromatic rings. The molecule has 5 rings (SSSR count). The van der Waals surface area contributed by atoms with Crippen molar-refractivity contribution in [3.05, 3.63) is 99.2 Å². The van der Waals surface area contributed by atoms with Gasteiger partial charge in [0, 0.05) is 23.2 Å². The highest BCUT2D eigenvalue weighted by molar-refractivity contribution is 7.25. The molecule has 0 aliphatic heterocycles. The van der Waals surface area contributed by atoms with E-state index in [0.29, 0.717) is 28.0 Å². The molecule has 0 atom stereocenters. The summed E-state index contributed by atoms with van der Waals surface area (Å²) in [7, 11) is 0. The van der Waals surface area contributed by atoms with Gasteiger partial charge in [0.25, 0.3) is 11.5 Å². The van der Waals surface area contributed by atoms with Crippen molar-refractivity contribution in [2.75, 3.05) is 0 Å². The van der Waals surface area contributed by atoms with E-state index in [-0.39, 0.29) is 11.5 Å². The Balaban J connectivity index is 1.48. The second-order valence-corrected chi connectivity index (χ2v) is 9.18. The number of hydrogen-bond donors (Lipinski definition) is 1. The summed E-state index contributed by atoms with van der Waals surface area (Å²) in [4.78, 5) is 36.0. The first-order valence-electron chi connectivity index (χ1n) is 10.6. The van der Waals surface area contributed by atoms with Crippen molar-refractivity contribution in [2.45, 2.75) is 27.3 Å². The molecule has 3 aromatic heterocycles. The fraction of sp³-hybridized carbons (Fsp3) is 0.154. The minimum absolute atomic E-state index is 0.169. The Morgan fingerprint density at radius 1 is 1.06 bits per heavy atom. The van der Waals surface area contributed by atoms with Crippen LogP contribution in [0.25, 0.3) is 26.1 Å². The van der Waals surface area contributed by atoms with Crippen LogP contribution < -0.4 is 10.9 Å². The number of nitrogens with one attached hydrogen (secondary N) is 1. The van der Waals surface area contributed by atoms with Crippen molar-refractivity contribution < 1.29 is 4.79 Å². The minimum atomic E-state index is -0.198. The summed E-state index contributed by atoms with van der Waals surface area (Å²) >= 11 is 1.36. The average Bonchev–Trinajstić information content (AvgIpc) is 3.18. The lowest BCUT2D eigenvalue weighted by Gasteiger charge is -2.09. The number of fused-ring (bicyclic) bond motifs is 3. The maximum atomic E-state index is 13.3. The number of nitrogens with zero attached hydrogens (tertiary/aromatic N) is 3. The summed E-state index contributed by atoms with van der Waals surface area (Å²) < 4.78 is 2.04. The number of benzene rings is 2. The Bertz CT molecular complexity index is 1580. The molecule has 7 heteroatoms. The Morgan fingerprint density at radius 2 is 1.85 bits per heavy atom. The Labute approximate surface area is 194 Å². The topological polar surface area (TPSA) is 76.9 Å². The number of thiophene rings is 1. The van der Waals surface area contributed by atoms with Gasteiger partial charge in [0.15, 0.2) is 0 Å². The van der Waals surface area contributed by atoms with Crippen molar-refractivity contribution in [2.24, 2.45) is 0 Å². The molecule has 33 heavy (non-hydrogen) atoms. The van der Waals surface area contributed by atoms with Gasteiger partial charge < -0.3 is 5.32 Å². The van der Waals surface area contributed by atoms with Gasteiger partial charge in [-0.3, -0.25) is 14.2 Å². The molecule has 1 N–H and O–H groups in total. The molecular formula is C26H22N4O2S. The van der Waals surface area contributed by atoms with Crippen LogP contribution in [-0.2, 0) is 6.54 Å². The van der Waals surface area contributed by atoms with E-state index in [4.69, 9.17) is 0 Å². The van der Waals surface area contributed by atoms with Crippen molar-refractivity contribution in [3.8, 4) is 5.69 Å². The van der Waals surface area contributed by atoms with E-state index >= 15 is 0 Å². The van der Waals surface area contributed by atoms with Crippen molar-refractivity contribution in [1.82, 2.24) is 19.9 Å². The second-order valence-electron chi connectivity index (χ2n) is 8.18. The third kappa shape index (κ3) is 3.91. The average molecular weight is 455 g/mol. The predicted molar refractivity (Wildman–Crippen MR) is 132 cm³/mol. The molecule has 0 unspecified atom stereocenters. The van der Waals surface area contributed by atoms with Crippen LogP contribution in [0.1, 0.15) is 32.7 Å². The lowest BCUT2D eigenvalue weighted by Crippen LogP contribution is -2.23. The minimum Gasteiger partial charge on any atom is -0.348 e. The molecule has 2 aromatic carbocycles. The molecule has 1 amide bonds. The molecule has 0 radical (unpaired) electrons. The molecule has 0 aliphatic carbocycles. The molecule has 0 aliphatic rings. The van der Waals surface area contributed by atoms with Crippen molar-refractivity contribution in [1.29, 1.82) is 0 Å². The first-order valence-corrected chi connectivity index (χ1v) is 11.4. The highest BCUT2D eigenvalue weighted by Crippen LogP contribution is 2.31. The smallest absolute Gasteiger partial charge is 0.275 e. The van der Waals surface area contributed by atoms with Crippen molar-refractivity contribution >= 4 is 37.7 Å². The number of pyridine rings is 1. The van der Waals surface area contributed by atoms with E-state index in [1.165, 1.54) is 27.8 Å². The van der Waals surface area contributed by atoms with Crippen LogP contribution in [0, 0.1) is 20.8 Å². The lowest BCUT2D eigenvalue weighted by atomic mass is 10.1. The highest BCUT2D eigenvalue weighted by atomic mass is 32.1. The van der Waals surface area contributed by atoms with E-state index < -0.39 is 0 Å². The maximum absolute atomic E-state index is 13.3. The second kappa shape index (κ2) is 8.26. The summed E-state index contributed by atoms with van der Waals surface area (Å²) in [6.07, 6.45) is 1.53. The third-order valence-electron chi connectivity index (χ3n) is 5.64. The lowest BCUT2D eigenvalue weighted by molar-refractivity contribution is 0.0951. The van der Waals surface area contributed by atoms with Gasteiger partial charge in [-0.15, -0.1) is 11.3 Å². The van der Waals surface area contributed by atoms with Crippen LogP contribution in [0.5, 0.6) is 0 Å². The van der Waals surface area contributed by atoms with Gasteiger partial charge in [0.05, 0.1) is 11.2 Å². The zero-order valence-corrected chi connectivity index (χ0v) is 19.4. The zero-order chi connectivity index (χ0) is 23.1. The number of carbonyl (C=O) groups excluding carboxylic acids is 1. The zero-order valence-electron chi connectivity index (χ0n) is 18.5. The van der Waals surface area contributed by atoms with Crippen LogP contribution >= 0.6 is 11.3 Å². The highest BCUT2D eigenvalue weighted by Gasteiger charge is 2.16. The molecule has 164 valence electrons. The molecule has 6 nitrogen and oxygen atoms in total. The molecule has 3 heterocycles. The summed E-state index contributed by atoms with van der Waals surface area (Å²) in [5.41, 5.74) is 5.75. The third-order valence-corrected chi connectivity index (χ3v) is 6.70. The van der Waals surface area contributed by atoms with Gasteiger partial charge in [-0.2, -0.15) is 0 Å².